The molecule has 2 aromatic rings. The Hall–Kier alpha value is -2.04. The highest BCUT2D eigenvalue weighted by molar-refractivity contribution is 7.90. The molecular formula is C9H7F3N4O3S. The van der Waals surface area contributed by atoms with Crippen LogP contribution in [0.1, 0.15) is 11.5 Å². The number of rotatable bonds is 2. The summed E-state index contributed by atoms with van der Waals surface area (Å²) >= 11 is 0. The number of sulfone groups is 1. The Morgan fingerprint density at radius 3 is 2.35 bits per heavy atom. The first-order chi connectivity index (χ1) is 9.09. The van der Waals surface area contributed by atoms with Crippen LogP contribution in [0.4, 0.5) is 13.2 Å². The van der Waals surface area contributed by atoms with Gasteiger partial charge in [-0.25, -0.2) is 18.4 Å². The van der Waals surface area contributed by atoms with Gasteiger partial charge in [0, 0.05) is 18.0 Å². The minimum Gasteiger partial charge on any atom is -0.329 e. The third kappa shape index (κ3) is 2.76. The van der Waals surface area contributed by atoms with Crippen LogP contribution < -0.4 is 0 Å². The van der Waals surface area contributed by atoms with E-state index in [4.69, 9.17) is 0 Å². The van der Waals surface area contributed by atoms with Crippen LogP contribution in [0.2, 0.25) is 0 Å². The lowest BCUT2D eigenvalue weighted by atomic mass is 10.4. The van der Waals surface area contributed by atoms with E-state index in [2.05, 4.69) is 24.6 Å². The van der Waals surface area contributed by atoms with Crippen LogP contribution in [-0.2, 0) is 16.0 Å². The quantitative estimate of drug-likeness (QED) is 0.770. The highest BCUT2D eigenvalue weighted by Crippen LogP contribution is 2.28. The van der Waals surface area contributed by atoms with Crippen molar-refractivity contribution in [3.05, 3.63) is 17.7 Å². The fourth-order valence-electron chi connectivity index (χ4n) is 1.34. The zero-order valence-corrected chi connectivity index (χ0v) is 10.9. The molecule has 0 aliphatic carbocycles. The molecule has 2 heterocycles. The topological polar surface area (TPSA) is 98.8 Å². The molecule has 0 atom stereocenters. The summed E-state index contributed by atoms with van der Waals surface area (Å²) in [5.74, 6) is -2.46. The number of alkyl halides is 3. The van der Waals surface area contributed by atoms with Gasteiger partial charge in [0.05, 0.1) is 0 Å². The standard InChI is InChI=1S/C9H7F3N4O3S/c1-4-3-13-5(14-7(4)20(2,17)18)6-15-8(19-16-6)9(10,11)12/h3H,1-2H3. The SMILES string of the molecule is Cc1cnc(-c2noc(C(F)(F)F)n2)nc1S(C)(=O)=O. The maximum atomic E-state index is 12.3. The van der Waals surface area contributed by atoms with Crippen LogP contribution >= 0.6 is 0 Å². The van der Waals surface area contributed by atoms with Crippen molar-refractivity contribution in [2.45, 2.75) is 18.1 Å². The van der Waals surface area contributed by atoms with Gasteiger partial charge in [-0.3, -0.25) is 0 Å². The lowest BCUT2D eigenvalue weighted by Gasteiger charge is -2.02. The number of aryl methyl sites for hydroxylation is 1. The molecule has 0 N–H and O–H groups in total. The molecule has 0 aliphatic heterocycles. The van der Waals surface area contributed by atoms with E-state index in [-0.39, 0.29) is 16.4 Å². The molecule has 0 aliphatic rings. The van der Waals surface area contributed by atoms with Gasteiger partial charge in [0.2, 0.25) is 11.6 Å². The summed E-state index contributed by atoms with van der Waals surface area (Å²) in [5.41, 5.74) is 0.260. The average molecular weight is 308 g/mol. The van der Waals surface area contributed by atoms with E-state index in [0.717, 1.165) is 12.5 Å². The van der Waals surface area contributed by atoms with Crippen molar-refractivity contribution in [2.75, 3.05) is 6.26 Å². The van der Waals surface area contributed by atoms with E-state index in [1.807, 2.05) is 0 Å². The summed E-state index contributed by atoms with van der Waals surface area (Å²) < 4.78 is 63.9. The van der Waals surface area contributed by atoms with Crippen LogP contribution in [0.5, 0.6) is 0 Å². The number of nitrogens with zero attached hydrogens (tertiary/aromatic N) is 4. The van der Waals surface area contributed by atoms with Gasteiger partial charge in [-0.05, 0) is 6.92 Å². The lowest BCUT2D eigenvalue weighted by molar-refractivity contribution is -0.159. The molecule has 0 amide bonds. The molecule has 0 saturated carbocycles. The van der Waals surface area contributed by atoms with Gasteiger partial charge < -0.3 is 4.52 Å². The lowest BCUT2D eigenvalue weighted by Crippen LogP contribution is -2.07. The van der Waals surface area contributed by atoms with Gasteiger partial charge in [-0.2, -0.15) is 18.2 Å². The third-order valence-electron chi connectivity index (χ3n) is 2.15. The van der Waals surface area contributed by atoms with Crippen molar-refractivity contribution >= 4 is 9.84 Å². The molecule has 7 nitrogen and oxygen atoms in total. The third-order valence-corrected chi connectivity index (χ3v) is 3.26. The number of halogens is 3. The molecule has 20 heavy (non-hydrogen) atoms. The second-order valence-corrected chi connectivity index (χ2v) is 5.81. The molecule has 0 spiro atoms. The van der Waals surface area contributed by atoms with Crippen molar-refractivity contribution < 1.29 is 26.1 Å². The summed E-state index contributed by atoms with van der Waals surface area (Å²) in [6.45, 7) is 1.46. The second-order valence-electron chi connectivity index (χ2n) is 3.87. The number of hydrogen-bond acceptors (Lipinski definition) is 7. The Labute approximate surface area is 110 Å². The molecule has 0 saturated heterocycles. The summed E-state index contributed by atoms with van der Waals surface area (Å²) in [6.07, 6.45) is -2.72. The first-order valence-corrected chi connectivity index (χ1v) is 6.93. The summed E-state index contributed by atoms with van der Waals surface area (Å²) in [4.78, 5) is 10.4. The highest BCUT2D eigenvalue weighted by atomic mass is 32.2. The molecule has 0 aromatic carbocycles. The maximum absolute atomic E-state index is 12.3. The summed E-state index contributed by atoms with van der Waals surface area (Å²) in [7, 11) is -3.65. The molecule has 0 radical (unpaired) electrons. The fraction of sp³-hybridized carbons (Fsp3) is 0.333. The largest absolute Gasteiger partial charge is 0.471 e. The van der Waals surface area contributed by atoms with E-state index in [1.165, 1.54) is 6.92 Å². The Balaban J connectivity index is 2.52. The molecular weight excluding hydrogens is 301 g/mol. The van der Waals surface area contributed by atoms with E-state index in [1.54, 1.807) is 0 Å². The van der Waals surface area contributed by atoms with Gasteiger partial charge in [-0.15, -0.1) is 0 Å². The Bertz CT molecular complexity index is 754. The Morgan fingerprint density at radius 2 is 1.85 bits per heavy atom. The Kier molecular flexibility index (Phi) is 3.24. The van der Waals surface area contributed by atoms with Crippen molar-refractivity contribution in [3.8, 4) is 11.6 Å². The Morgan fingerprint density at radius 1 is 1.20 bits per heavy atom. The first-order valence-electron chi connectivity index (χ1n) is 5.04. The second kappa shape index (κ2) is 4.51. The van der Waals surface area contributed by atoms with Crippen LogP contribution in [-0.4, -0.2) is 34.8 Å². The van der Waals surface area contributed by atoms with Crippen molar-refractivity contribution in [3.63, 3.8) is 0 Å². The smallest absolute Gasteiger partial charge is 0.329 e. The molecule has 11 heteroatoms. The summed E-state index contributed by atoms with van der Waals surface area (Å²) in [6, 6.07) is 0. The first kappa shape index (κ1) is 14.4. The molecule has 0 fully saturated rings. The monoisotopic (exact) mass is 308 g/mol. The van der Waals surface area contributed by atoms with Crippen molar-refractivity contribution in [2.24, 2.45) is 0 Å². The predicted molar refractivity (Wildman–Crippen MR) is 58.2 cm³/mol. The van der Waals surface area contributed by atoms with Gasteiger partial charge in [-0.1, -0.05) is 5.16 Å². The highest BCUT2D eigenvalue weighted by Gasteiger charge is 2.38. The van der Waals surface area contributed by atoms with Gasteiger partial charge in [0.1, 0.15) is 0 Å². The zero-order chi connectivity index (χ0) is 15.1. The van der Waals surface area contributed by atoms with Crippen LogP contribution in [0, 0.1) is 6.92 Å². The van der Waals surface area contributed by atoms with E-state index in [0.29, 0.717) is 0 Å². The van der Waals surface area contributed by atoms with Gasteiger partial charge >= 0.3 is 12.1 Å². The molecule has 2 rings (SSSR count). The molecule has 0 unspecified atom stereocenters. The van der Waals surface area contributed by atoms with Crippen LogP contribution in [0.25, 0.3) is 11.6 Å². The zero-order valence-electron chi connectivity index (χ0n) is 10.1. The normalized spacial score (nSPS) is 12.7. The van der Waals surface area contributed by atoms with Crippen molar-refractivity contribution in [1.29, 1.82) is 0 Å². The average Bonchev–Trinajstić information content (AvgIpc) is 2.77. The number of hydrogen-bond donors (Lipinski definition) is 0. The van der Waals surface area contributed by atoms with Crippen molar-refractivity contribution in [1.82, 2.24) is 20.1 Å². The minimum absolute atomic E-state index is 0.260. The van der Waals surface area contributed by atoms with Crippen LogP contribution in [0.3, 0.4) is 0 Å². The van der Waals surface area contributed by atoms with Gasteiger partial charge in [0.15, 0.2) is 14.9 Å². The van der Waals surface area contributed by atoms with E-state index < -0.39 is 27.7 Å². The maximum Gasteiger partial charge on any atom is 0.471 e. The fourth-order valence-corrected chi connectivity index (χ4v) is 2.23. The summed E-state index contributed by atoms with van der Waals surface area (Å²) in [5, 5.41) is 2.78. The van der Waals surface area contributed by atoms with Crippen LogP contribution in [0.15, 0.2) is 15.7 Å². The van der Waals surface area contributed by atoms with E-state index in [9.17, 15) is 21.6 Å². The predicted octanol–water partition coefficient (Wildman–Crippen LogP) is 1.26. The minimum atomic E-state index is -4.80. The molecule has 2 aromatic heterocycles. The van der Waals surface area contributed by atoms with Gasteiger partial charge in [0.25, 0.3) is 0 Å². The number of aromatic nitrogens is 4. The molecule has 0 bridgehead atoms. The van der Waals surface area contributed by atoms with E-state index >= 15 is 0 Å². The molecule has 108 valence electrons.